The first-order valence-corrected chi connectivity index (χ1v) is 22.1. The maximum absolute atomic E-state index is 14.9. The summed E-state index contributed by atoms with van der Waals surface area (Å²) in [5.74, 6) is -6.47. The van der Waals surface area contributed by atoms with Crippen molar-refractivity contribution in [2.24, 2.45) is 17.8 Å². The van der Waals surface area contributed by atoms with Crippen LogP contribution in [0.25, 0.3) is 10.8 Å². The van der Waals surface area contributed by atoms with Gasteiger partial charge in [-0.25, -0.2) is 22.0 Å². The SMILES string of the molecule is CC(C)Oc1cc2c(Cl)cccc2c(O[C@@H]2C[C@H]3C(=O)N[C@]4(C(=O)NS(=O)(=O)C5CC5)CC4/C=C\CC[C@@H](C)C[C@@H](C)[C@H](NC(=O)OC(C)(C)C(C)(F)F)C(=O)N3C2)n1. The first-order valence-electron chi connectivity index (χ1n) is 20.2. The van der Waals surface area contributed by atoms with Crippen molar-refractivity contribution in [1.29, 1.82) is 0 Å². The molecule has 1 unspecified atom stereocenters. The van der Waals surface area contributed by atoms with Gasteiger partial charge in [0.15, 0.2) is 5.60 Å². The number of aromatic nitrogens is 1. The maximum Gasteiger partial charge on any atom is 0.408 e. The van der Waals surface area contributed by atoms with E-state index in [-0.39, 0.29) is 43.2 Å². The van der Waals surface area contributed by atoms with Gasteiger partial charge >= 0.3 is 6.09 Å². The second-order valence-corrected chi connectivity index (χ2v) is 19.8. The van der Waals surface area contributed by atoms with Crippen molar-refractivity contribution in [3.63, 3.8) is 0 Å². The summed E-state index contributed by atoms with van der Waals surface area (Å²) in [6, 6.07) is 4.23. The number of amides is 4. The number of fused-ring (bicyclic) bond motifs is 3. The van der Waals surface area contributed by atoms with Crippen molar-refractivity contribution in [3.05, 3.63) is 41.4 Å². The van der Waals surface area contributed by atoms with Gasteiger partial charge in [-0.1, -0.05) is 43.7 Å². The molecule has 2 saturated carbocycles. The Morgan fingerprint density at radius 2 is 1.80 bits per heavy atom. The van der Waals surface area contributed by atoms with Crippen molar-refractivity contribution in [2.75, 3.05) is 6.54 Å². The minimum atomic E-state index is -3.97. The Kier molecular flexibility index (Phi) is 12.5. The van der Waals surface area contributed by atoms with E-state index in [4.69, 9.17) is 25.8 Å². The van der Waals surface area contributed by atoms with Crippen LogP contribution < -0.4 is 24.8 Å². The Bertz CT molecular complexity index is 2110. The van der Waals surface area contributed by atoms with Crippen molar-refractivity contribution < 1.29 is 50.6 Å². The molecule has 0 bridgehead atoms. The Morgan fingerprint density at radius 3 is 2.46 bits per heavy atom. The normalized spacial score (nSPS) is 28.7. The number of alkyl halides is 2. The van der Waals surface area contributed by atoms with Crippen LogP contribution in [0.5, 0.6) is 11.8 Å². The molecular weight excluding hydrogens is 812 g/mol. The van der Waals surface area contributed by atoms with Crippen LogP contribution in [0, 0.1) is 17.8 Å². The minimum Gasteiger partial charge on any atom is -0.475 e. The largest absolute Gasteiger partial charge is 0.475 e. The average Bonchev–Trinajstić information content (AvgIpc) is 4.05. The molecule has 0 radical (unpaired) electrons. The van der Waals surface area contributed by atoms with Crippen molar-refractivity contribution >= 4 is 56.2 Å². The summed E-state index contributed by atoms with van der Waals surface area (Å²) >= 11 is 6.58. The van der Waals surface area contributed by atoms with Gasteiger partial charge in [-0.2, -0.15) is 4.98 Å². The highest BCUT2D eigenvalue weighted by Gasteiger charge is 2.62. The Labute approximate surface area is 348 Å². The molecule has 3 N–H and O–H groups in total. The number of sulfonamides is 1. The lowest BCUT2D eigenvalue weighted by molar-refractivity contribution is -0.152. The van der Waals surface area contributed by atoms with Gasteiger partial charge in [0.1, 0.15) is 23.7 Å². The summed E-state index contributed by atoms with van der Waals surface area (Å²) < 4.78 is 74.4. The number of nitrogens with one attached hydrogen (secondary N) is 3. The van der Waals surface area contributed by atoms with Crippen LogP contribution in [0.1, 0.15) is 93.4 Å². The molecule has 1 aromatic heterocycles. The van der Waals surface area contributed by atoms with Gasteiger partial charge in [0, 0.05) is 41.1 Å². The van der Waals surface area contributed by atoms with E-state index in [0.717, 1.165) is 13.8 Å². The van der Waals surface area contributed by atoms with Crippen molar-refractivity contribution in [1.82, 2.24) is 25.2 Å². The highest BCUT2D eigenvalue weighted by molar-refractivity contribution is 7.91. The fourth-order valence-electron chi connectivity index (χ4n) is 7.71. The van der Waals surface area contributed by atoms with Crippen LogP contribution in [-0.4, -0.2) is 95.3 Å². The molecule has 2 aliphatic carbocycles. The smallest absolute Gasteiger partial charge is 0.408 e. The lowest BCUT2D eigenvalue weighted by atomic mass is 9.88. The molecule has 14 nitrogen and oxygen atoms in total. The zero-order valence-electron chi connectivity index (χ0n) is 34.4. The third-order valence-electron chi connectivity index (χ3n) is 11.7. The van der Waals surface area contributed by atoms with E-state index in [2.05, 4.69) is 20.3 Å². The zero-order valence-corrected chi connectivity index (χ0v) is 35.9. The number of alkyl carbamates (subject to hydrolysis) is 1. The molecule has 4 aliphatic rings. The molecule has 3 fully saturated rings. The van der Waals surface area contributed by atoms with Crippen molar-refractivity contribution in [3.8, 4) is 11.8 Å². The zero-order chi connectivity index (χ0) is 43.2. The monoisotopic (exact) mass is 865 g/mol. The number of hydrogen-bond donors (Lipinski definition) is 3. The van der Waals surface area contributed by atoms with Crippen LogP contribution in [0.2, 0.25) is 5.02 Å². The van der Waals surface area contributed by atoms with Gasteiger partial charge in [-0.05, 0) is 90.2 Å². The fourth-order valence-corrected chi connectivity index (χ4v) is 9.30. The van der Waals surface area contributed by atoms with Crippen molar-refractivity contribution in [2.45, 2.75) is 140 Å². The second kappa shape index (κ2) is 16.7. The molecule has 2 aromatic rings. The molecule has 0 spiro atoms. The Hall–Kier alpha value is -4.25. The van der Waals surface area contributed by atoms with Crippen LogP contribution >= 0.6 is 11.6 Å². The number of ether oxygens (including phenoxy) is 3. The third-order valence-corrected chi connectivity index (χ3v) is 13.8. The molecule has 59 heavy (non-hydrogen) atoms. The molecule has 2 aliphatic heterocycles. The topological polar surface area (TPSA) is 182 Å². The summed E-state index contributed by atoms with van der Waals surface area (Å²) in [5, 5.41) is 6.21. The van der Waals surface area contributed by atoms with Gasteiger partial charge < -0.3 is 29.7 Å². The summed E-state index contributed by atoms with van der Waals surface area (Å²) in [4.78, 5) is 62.5. The van der Waals surface area contributed by atoms with E-state index in [1.807, 2.05) is 32.9 Å². The molecule has 3 heterocycles. The second-order valence-electron chi connectivity index (χ2n) is 17.4. The van der Waals surface area contributed by atoms with E-state index >= 15 is 0 Å². The number of halogens is 3. The number of carbonyl (C=O) groups is 4. The number of nitrogens with zero attached hydrogens (tertiary/aromatic N) is 2. The third kappa shape index (κ3) is 9.87. The lowest BCUT2D eigenvalue weighted by Crippen LogP contribution is -2.59. The highest BCUT2D eigenvalue weighted by Crippen LogP contribution is 2.46. The summed E-state index contributed by atoms with van der Waals surface area (Å²) in [6.07, 6.45) is 3.85. The van der Waals surface area contributed by atoms with Crippen LogP contribution in [0.3, 0.4) is 0 Å². The summed E-state index contributed by atoms with van der Waals surface area (Å²) in [6.45, 7) is 9.95. The predicted octanol–water partition coefficient (Wildman–Crippen LogP) is 6.05. The van der Waals surface area contributed by atoms with E-state index < -0.39 is 86.2 Å². The van der Waals surface area contributed by atoms with Gasteiger partial charge in [0.05, 0.1) is 17.9 Å². The first-order chi connectivity index (χ1) is 27.5. The number of rotatable bonds is 10. The van der Waals surface area contributed by atoms with Gasteiger partial charge in [-0.3, -0.25) is 19.1 Å². The first kappa shape index (κ1) is 44.3. The number of pyridine rings is 1. The summed E-state index contributed by atoms with van der Waals surface area (Å²) in [5.41, 5.74) is -3.84. The van der Waals surface area contributed by atoms with Gasteiger partial charge in [-0.15, -0.1) is 0 Å². The number of hydrogen-bond acceptors (Lipinski definition) is 10. The number of benzene rings is 1. The molecule has 1 saturated heterocycles. The minimum absolute atomic E-state index is 0.0111. The quantitative estimate of drug-likeness (QED) is 0.238. The van der Waals surface area contributed by atoms with Crippen LogP contribution in [-0.2, 0) is 29.1 Å². The van der Waals surface area contributed by atoms with Gasteiger partial charge in [0.2, 0.25) is 33.6 Å². The maximum atomic E-state index is 14.9. The van der Waals surface area contributed by atoms with E-state index in [1.54, 1.807) is 31.2 Å². The van der Waals surface area contributed by atoms with E-state index in [9.17, 15) is 36.4 Å². The fraction of sp³-hybridized carbons (Fsp3) is 0.634. The standard InChI is InChI=1S/C41H54ClF2N5O9S/c1-22(2)56-32-19-29-28(13-10-14-30(29)42)35(45-32)57-26-18-31-34(50)47-41(37(52)48-59(54,55)27-15-16-27)20-25(41)12-9-8-11-23(3)17-24(4)33(36(51)49(31)21-26)46-38(53)58-39(5,6)40(7,43)44/h9-10,12-14,19,22-27,31,33H,8,11,15-18,20-21H2,1-7H3,(H,46,53)(H,47,50)(H,48,52)/b12-9-/t23-,24-,25?,26-,31+,33+,41-/m1/s1. The molecule has 18 heteroatoms. The highest BCUT2D eigenvalue weighted by atomic mass is 35.5. The molecule has 1 aromatic carbocycles. The summed E-state index contributed by atoms with van der Waals surface area (Å²) in [7, 11) is -3.97. The molecule has 4 amide bonds. The molecule has 6 rings (SSSR count). The number of allylic oxidation sites excluding steroid dienone is 1. The molecule has 7 atom stereocenters. The Balaban J connectivity index is 1.37. The average molecular weight is 866 g/mol. The lowest BCUT2D eigenvalue weighted by Gasteiger charge is -2.35. The van der Waals surface area contributed by atoms with E-state index in [0.29, 0.717) is 54.8 Å². The van der Waals surface area contributed by atoms with E-state index in [1.165, 1.54) is 4.90 Å². The Morgan fingerprint density at radius 1 is 1.08 bits per heavy atom. The molecular formula is C41H54ClF2N5O9S. The predicted molar refractivity (Wildman–Crippen MR) is 216 cm³/mol. The number of carbonyl (C=O) groups excluding carboxylic acids is 4. The molecule has 324 valence electrons. The van der Waals surface area contributed by atoms with Crippen LogP contribution in [0.4, 0.5) is 13.6 Å². The van der Waals surface area contributed by atoms with Crippen LogP contribution in [0.15, 0.2) is 36.4 Å². The van der Waals surface area contributed by atoms with Gasteiger partial charge in [0.25, 0.3) is 11.8 Å².